The van der Waals surface area contributed by atoms with Gasteiger partial charge in [0, 0.05) is 17.8 Å². The Labute approximate surface area is 112 Å². The summed E-state index contributed by atoms with van der Waals surface area (Å²) in [7, 11) is 0. The molecule has 0 unspecified atom stereocenters. The fourth-order valence-corrected chi connectivity index (χ4v) is 2.11. The third kappa shape index (κ3) is 1.95. The molecule has 3 heterocycles. The Bertz CT molecular complexity index is 653. The third-order valence-corrected chi connectivity index (χ3v) is 3.17. The number of aromatic nitrogens is 4. The quantitative estimate of drug-likeness (QED) is 0.786. The Kier molecular flexibility index (Phi) is 2.71. The second-order valence-electron chi connectivity index (χ2n) is 3.83. The lowest BCUT2D eigenvalue weighted by Crippen LogP contribution is -2.01. The molecule has 0 aliphatic carbocycles. The van der Waals surface area contributed by atoms with E-state index in [0.29, 0.717) is 17.9 Å². The zero-order valence-corrected chi connectivity index (χ0v) is 10.9. The molecule has 0 saturated heterocycles. The van der Waals surface area contributed by atoms with Gasteiger partial charge in [0.2, 0.25) is 0 Å². The standard InChI is InChI=1S/C12H9BrN5/c13-10-5-16-12(14)11-9(10)7-18(17-11)6-8-3-1-2-4-15-8/h1-4,7H,6H2,(H2,14,16). The van der Waals surface area contributed by atoms with Gasteiger partial charge < -0.3 is 5.73 Å². The van der Waals surface area contributed by atoms with Crippen LogP contribution in [-0.4, -0.2) is 19.7 Å². The first kappa shape index (κ1) is 11.2. The lowest BCUT2D eigenvalue weighted by Gasteiger charge is -1.99. The van der Waals surface area contributed by atoms with Gasteiger partial charge in [-0.05, 0) is 28.1 Å². The number of nitrogens with two attached hydrogens (primary N) is 1. The van der Waals surface area contributed by atoms with Crippen molar-refractivity contribution < 1.29 is 0 Å². The first-order chi connectivity index (χ1) is 8.74. The SMILES string of the molecule is Nc1n[c]c(Br)c2cn(Cc3ccccn3)nc12. The molecule has 89 valence electrons. The maximum Gasteiger partial charge on any atom is 0.152 e. The van der Waals surface area contributed by atoms with Crippen LogP contribution >= 0.6 is 15.9 Å². The zero-order valence-electron chi connectivity index (χ0n) is 9.34. The topological polar surface area (TPSA) is 69.6 Å². The summed E-state index contributed by atoms with van der Waals surface area (Å²) in [5.74, 6) is 0.382. The molecule has 0 aromatic carbocycles. The summed E-state index contributed by atoms with van der Waals surface area (Å²) in [5.41, 5.74) is 7.40. The van der Waals surface area contributed by atoms with E-state index in [0.717, 1.165) is 15.6 Å². The average molecular weight is 303 g/mol. The van der Waals surface area contributed by atoms with Gasteiger partial charge in [-0.15, -0.1) is 0 Å². The van der Waals surface area contributed by atoms with Crippen LogP contribution in [-0.2, 0) is 6.54 Å². The molecule has 0 bridgehead atoms. The van der Waals surface area contributed by atoms with Crippen LogP contribution in [0, 0.1) is 6.20 Å². The number of nitrogen functional groups attached to an aromatic ring is 1. The minimum atomic E-state index is 0.382. The minimum Gasteiger partial charge on any atom is -0.382 e. The Balaban J connectivity index is 2.04. The summed E-state index contributed by atoms with van der Waals surface area (Å²) in [5, 5.41) is 5.31. The summed E-state index contributed by atoms with van der Waals surface area (Å²) in [6.45, 7) is 0.599. The molecule has 3 aromatic heterocycles. The van der Waals surface area contributed by atoms with Crippen molar-refractivity contribution in [1.29, 1.82) is 0 Å². The van der Waals surface area contributed by atoms with Crippen molar-refractivity contribution in [2.45, 2.75) is 6.54 Å². The van der Waals surface area contributed by atoms with Crippen LogP contribution in [0.5, 0.6) is 0 Å². The van der Waals surface area contributed by atoms with E-state index in [1.54, 1.807) is 10.9 Å². The molecular weight excluding hydrogens is 294 g/mol. The minimum absolute atomic E-state index is 0.382. The van der Waals surface area contributed by atoms with Gasteiger partial charge in [0.15, 0.2) is 5.82 Å². The van der Waals surface area contributed by atoms with Crippen molar-refractivity contribution >= 4 is 32.7 Å². The summed E-state index contributed by atoms with van der Waals surface area (Å²) in [4.78, 5) is 8.20. The van der Waals surface area contributed by atoms with E-state index in [1.807, 2.05) is 24.4 Å². The number of hydrogen-bond donors (Lipinski definition) is 1. The molecule has 0 aliphatic rings. The maximum absolute atomic E-state index is 5.78. The zero-order chi connectivity index (χ0) is 12.5. The largest absolute Gasteiger partial charge is 0.382 e. The Morgan fingerprint density at radius 1 is 1.39 bits per heavy atom. The van der Waals surface area contributed by atoms with Gasteiger partial charge in [-0.25, -0.2) is 4.98 Å². The van der Waals surface area contributed by atoms with Crippen molar-refractivity contribution in [3.8, 4) is 0 Å². The van der Waals surface area contributed by atoms with Gasteiger partial charge in [0.25, 0.3) is 0 Å². The van der Waals surface area contributed by atoms with Gasteiger partial charge in [-0.1, -0.05) is 6.07 Å². The van der Waals surface area contributed by atoms with E-state index in [1.165, 1.54) is 0 Å². The highest BCUT2D eigenvalue weighted by atomic mass is 79.9. The Morgan fingerprint density at radius 2 is 2.28 bits per heavy atom. The molecule has 18 heavy (non-hydrogen) atoms. The fourth-order valence-electron chi connectivity index (χ4n) is 1.73. The number of nitrogens with zero attached hydrogens (tertiary/aromatic N) is 4. The van der Waals surface area contributed by atoms with Crippen molar-refractivity contribution in [3.63, 3.8) is 0 Å². The maximum atomic E-state index is 5.78. The van der Waals surface area contributed by atoms with Crippen molar-refractivity contribution in [2.24, 2.45) is 0 Å². The number of fused-ring (bicyclic) bond motifs is 1. The second-order valence-corrected chi connectivity index (χ2v) is 4.63. The van der Waals surface area contributed by atoms with Crippen molar-refractivity contribution in [1.82, 2.24) is 19.7 Å². The van der Waals surface area contributed by atoms with Crippen LogP contribution in [0.2, 0.25) is 0 Å². The number of halogens is 1. The normalized spacial score (nSPS) is 10.9. The first-order valence-electron chi connectivity index (χ1n) is 5.34. The molecule has 0 fully saturated rings. The van der Waals surface area contributed by atoms with E-state index in [-0.39, 0.29) is 0 Å². The Morgan fingerprint density at radius 3 is 3.00 bits per heavy atom. The molecule has 0 atom stereocenters. The number of pyridine rings is 2. The monoisotopic (exact) mass is 302 g/mol. The molecule has 3 aromatic rings. The van der Waals surface area contributed by atoms with Crippen LogP contribution < -0.4 is 5.73 Å². The number of rotatable bonds is 2. The lowest BCUT2D eigenvalue weighted by molar-refractivity contribution is 0.681. The summed E-state index contributed by atoms with van der Waals surface area (Å²) >= 11 is 3.39. The lowest BCUT2D eigenvalue weighted by atomic mass is 10.3. The van der Waals surface area contributed by atoms with E-state index in [9.17, 15) is 0 Å². The van der Waals surface area contributed by atoms with Crippen LogP contribution in [0.4, 0.5) is 5.82 Å². The fraction of sp³-hybridized carbons (Fsp3) is 0.0833. The third-order valence-electron chi connectivity index (χ3n) is 2.57. The first-order valence-corrected chi connectivity index (χ1v) is 6.13. The molecule has 2 N–H and O–H groups in total. The molecule has 0 spiro atoms. The van der Waals surface area contributed by atoms with Crippen LogP contribution in [0.1, 0.15) is 5.69 Å². The van der Waals surface area contributed by atoms with Gasteiger partial charge >= 0.3 is 0 Å². The van der Waals surface area contributed by atoms with Gasteiger partial charge in [0.1, 0.15) is 11.7 Å². The molecule has 6 heteroatoms. The van der Waals surface area contributed by atoms with Gasteiger partial charge in [-0.3, -0.25) is 9.67 Å². The molecule has 0 aliphatic heterocycles. The van der Waals surface area contributed by atoms with Crippen LogP contribution in [0.15, 0.2) is 35.1 Å². The summed E-state index contributed by atoms with van der Waals surface area (Å²) < 4.78 is 2.56. The van der Waals surface area contributed by atoms with Crippen molar-refractivity contribution in [3.05, 3.63) is 47.0 Å². The highest BCUT2D eigenvalue weighted by Crippen LogP contribution is 2.25. The van der Waals surface area contributed by atoms with Gasteiger partial charge in [0.05, 0.1) is 16.7 Å². The molecule has 1 radical (unpaired) electrons. The second kappa shape index (κ2) is 4.38. The predicted octanol–water partition coefficient (Wildman–Crippen LogP) is 2.02. The molecule has 0 amide bonds. The molecular formula is C12H9BrN5. The highest BCUT2D eigenvalue weighted by Gasteiger charge is 2.09. The van der Waals surface area contributed by atoms with Gasteiger partial charge in [-0.2, -0.15) is 5.10 Å². The molecule has 5 nitrogen and oxygen atoms in total. The molecule has 3 rings (SSSR count). The van der Waals surface area contributed by atoms with E-state index < -0.39 is 0 Å². The molecule has 0 saturated carbocycles. The Hall–Kier alpha value is -1.95. The van der Waals surface area contributed by atoms with E-state index in [2.05, 4.69) is 37.2 Å². The number of anilines is 1. The highest BCUT2D eigenvalue weighted by molar-refractivity contribution is 9.10. The van der Waals surface area contributed by atoms with Crippen LogP contribution in [0.25, 0.3) is 10.9 Å². The van der Waals surface area contributed by atoms with Crippen molar-refractivity contribution in [2.75, 3.05) is 5.73 Å². The smallest absolute Gasteiger partial charge is 0.152 e. The van der Waals surface area contributed by atoms with E-state index in [4.69, 9.17) is 5.73 Å². The van der Waals surface area contributed by atoms with Crippen LogP contribution in [0.3, 0.4) is 0 Å². The summed E-state index contributed by atoms with van der Waals surface area (Å²) in [6.07, 6.45) is 6.46. The predicted molar refractivity (Wildman–Crippen MR) is 71.8 cm³/mol. The average Bonchev–Trinajstić information content (AvgIpc) is 2.80. The summed E-state index contributed by atoms with van der Waals surface area (Å²) in [6, 6.07) is 5.79. The number of hydrogen-bond acceptors (Lipinski definition) is 4. The van der Waals surface area contributed by atoms with E-state index >= 15 is 0 Å².